The fourth-order valence-corrected chi connectivity index (χ4v) is 0.743. The Morgan fingerprint density at radius 1 is 1.47 bits per heavy atom. The second kappa shape index (κ2) is 14.1. The average molecular weight is 240 g/mol. The summed E-state index contributed by atoms with van der Waals surface area (Å²) in [6.07, 6.45) is 1.50. The smallest absolute Gasteiger partial charge is 0.0944 e. The Morgan fingerprint density at radius 3 is 2.00 bits per heavy atom. The number of halogens is 1. The summed E-state index contributed by atoms with van der Waals surface area (Å²) in [6, 6.07) is 0. The molecule has 3 N–H and O–H groups in total. The molecule has 1 rings (SSSR count). The molecule has 0 amide bonds. The van der Waals surface area contributed by atoms with Crippen molar-refractivity contribution in [1.29, 1.82) is 0 Å². The number of rotatable bonds is 4. The van der Waals surface area contributed by atoms with E-state index in [1.165, 1.54) is 0 Å². The van der Waals surface area contributed by atoms with Gasteiger partial charge in [0.15, 0.2) is 0 Å². The zero-order chi connectivity index (χ0) is 12.1. The number of nitrogens with one attached hydrogen (secondary N) is 1. The predicted octanol–water partition coefficient (Wildman–Crippen LogP) is 0.356. The van der Waals surface area contributed by atoms with Gasteiger partial charge in [-0.3, -0.25) is 0 Å². The molecule has 94 valence electrons. The monoisotopic (exact) mass is 239 g/mol. The molecule has 15 heavy (non-hydrogen) atoms. The maximum Gasteiger partial charge on any atom is 0.0944 e. The van der Waals surface area contributed by atoms with E-state index in [0.717, 1.165) is 26.1 Å². The Labute approximate surface area is 99.1 Å². The number of hydrogen-bond acceptors (Lipinski definition) is 4. The highest BCUT2D eigenvalue weighted by molar-refractivity contribution is 6.18. The first-order valence-electron chi connectivity index (χ1n) is 5.23. The first-order valence-corrected chi connectivity index (χ1v) is 5.76. The fraction of sp³-hybridized carbons (Fsp3) is 1.00. The van der Waals surface area contributed by atoms with Gasteiger partial charge in [0.1, 0.15) is 0 Å². The molecule has 0 spiro atoms. The van der Waals surface area contributed by atoms with E-state index in [1.807, 2.05) is 14.1 Å². The number of nitrogens with two attached hydrogens (primary N) is 1. The van der Waals surface area contributed by atoms with Gasteiger partial charge in [-0.2, -0.15) is 0 Å². The summed E-state index contributed by atoms with van der Waals surface area (Å²) in [5, 5.41) is 2.75. The van der Waals surface area contributed by atoms with Crippen molar-refractivity contribution < 1.29 is 4.74 Å². The van der Waals surface area contributed by atoms with E-state index in [0.29, 0.717) is 12.0 Å². The normalized spacial score (nSPS) is 17.4. The van der Waals surface area contributed by atoms with Gasteiger partial charge in [-0.25, -0.2) is 0 Å². The van der Waals surface area contributed by atoms with Gasteiger partial charge in [0.05, 0.1) is 18.6 Å². The molecule has 1 unspecified atom stereocenters. The van der Waals surface area contributed by atoms with Crippen molar-refractivity contribution in [2.75, 3.05) is 53.8 Å². The van der Waals surface area contributed by atoms with E-state index < -0.39 is 0 Å². The number of hydrogen-bond donors (Lipinski definition) is 2. The van der Waals surface area contributed by atoms with Gasteiger partial charge >= 0.3 is 0 Å². The Kier molecular flexibility index (Phi) is 16.5. The van der Waals surface area contributed by atoms with Gasteiger partial charge in [0.25, 0.3) is 0 Å². The van der Waals surface area contributed by atoms with E-state index >= 15 is 0 Å². The fourth-order valence-electron chi connectivity index (χ4n) is 0.565. The van der Waals surface area contributed by atoms with Crippen LogP contribution in [0, 0.1) is 0 Å². The van der Waals surface area contributed by atoms with Crippen molar-refractivity contribution in [1.82, 2.24) is 10.2 Å². The van der Waals surface area contributed by atoms with E-state index in [2.05, 4.69) is 24.3 Å². The lowest BCUT2D eigenvalue weighted by molar-refractivity contribution is 0.403. The van der Waals surface area contributed by atoms with Gasteiger partial charge in [0, 0.05) is 0 Å². The maximum absolute atomic E-state index is 5.27. The number of nitrogens with zero attached hydrogens (tertiary/aromatic N) is 1. The Hall–Kier alpha value is 0.130. The Morgan fingerprint density at radius 2 is 1.93 bits per heavy atom. The maximum atomic E-state index is 5.27. The lowest BCUT2D eigenvalue weighted by Gasteiger charge is -2.05. The van der Waals surface area contributed by atoms with Crippen LogP contribution in [0.25, 0.3) is 0 Å². The summed E-state index contributed by atoms with van der Waals surface area (Å²) in [4.78, 5) is 2.13. The lowest BCUT2D eigenvalue weighted by Crippen LogP contribution is -2.16. The summed E-state index contributed by atoms with van der Waals surface area (Å²) in [5.41, 5.74) is 5.25. The summed E-state index contributed by atoms with van der Waals surface area (Å²) in [6.45, 7) is 2.79. The third-order valence-corrected chi connectivity index (χ3v) is 1.73. The highest BCUT2D eigenvalue weighted by Crippen LogP contribution is 2.08. The van der Waals surface area contributed by atoms with Crippen LogP contribution in [0.1, 0.15) is 6.42 Å². The second-order valence-electron chi connectivity index (χ2n) is 3.56. The number of ether oxygens (including phenoxy) is 1. The van der Waals surface area contributed by atoms with Crippen LogP contribution in [0.4, 0.5) is 0 Å². The minimum absolute atomic E-state index is 0.400. The van der Waals surface area contributed by atoms with Crippen LogP contribution in [0.2, 0.25) is 0 Å². The SMILES string of the molecule is CN(C)CCCN.CNC.ClCC1CO1. The molecule has 0 saturated carbocycles. The Bertz CT molecular complexity index is 111. The van der Waals surface area contributed by atoms with Crippen LogP contribution in [0.15, 0.2) is 0 Å². The zero-order valence-corrected chi connectivity index (χ0v) is 11.2. The summed E-state index contributed by atoms with van der Waals surface area (Å²) < 4.78 is 4.73. The van der Waals surface area contributed by atoms with Crippen LogP contribution >= 0.6 is 11.6 Å². The van der Waals surface area contributed by atoms with E-state index in [-0.39, 0.29) is 0 Å². The summed E-state index contributed by atoms with van der Waals surface area (Å²) in [7, 11) is 7.85. The second-order valence-corrected chi connectivity index (χ2v) is 3.86. The molecule has 4 nitrogen and oxygen atoms in total. The predicted molar refractivity (Wildman–Crippen MR) is 67.7 cm³/mol. The molecule has 0 radical (unpaired) electrons. The molecule has 0 aromatic carbocycles. The molecule has 1 aliphatic heterocycles. The molecular weight excluding hydrogens is 214 g/mol. The number of alkyl halides is 1. The van der Waals surface area contributed by atoms with Crippen molar-refractivity contribution in [2.45, 2.75) is 12.5 Å². The molecule has 1 atom stereocenters. The van der Waals surface area contributed by atoms with Gasteiger partial charge in [-0.05, 0) is 47.7 Å². The third-order valence-electron chi connectivity index (χ3n) is 1.38. The van der Waals surface area contributed by atoms with Crippen molar-refractivity contribution in [2.24, 2.45) is 5.73 Å². The van der Waals surface area contributed by atoms with E-state index in [1.54, 1.807) is 0 Å². The van der Waals surface area contributed by atoms with Crippen molar-refractivity contribution in [3.8, 4) is 0 Å². The van der Waals surface area contributed by atoms with Crippen molar-refractivity contribution in [3.63, 3.8) is 0 Å². The first-order chi connectivity index (χ1) is 7.12. The molecule has 1 fully saturated rings. The van der Waals surface area contributed by atoms with Crippen LogP contribution < -0.4 is 11.1 Å². The Balaban J connectivity index is 0. The summed E-state index contributed by atoms with van der Waals surface area (Å²) >= 11 is 5.27. The molecule has 1 heterocycles. The van der Waals surface area contributed by atoms with Gasteiger partial charge in [0.2, 0.25) is 0 Å². The van der Waals surface area contributed by atoms with Crippen molar-refractivity contribution in [3.05, 3.63) is 0 Å². The average Bonchev–Trinajstić information content (AvgIpc) is 3.00. The first kappa shape index (κ1) is 17.5. The molecule has 0 aromatic rings. The van der Waals surface area contributed by atoms with Crippen molar-refractivity contribution >= 4 is 11.6 Å². The van der Waals surface area contributed by atoms with Crippen LogP contribution in [-0.4, -0.2) is 64.8 Å². The topological polar surface area (TPSA) is 53.8 Å². The quantitative estimate of drug-likeness (QED) is 0.550. The van der Waals surface area contributed by atoms with Crippen LogP contribution in [-0.2, 0) is 4.74 Å². The molecule has 0 aromatic heterocycles. The van der Waals surface area contributed by atoms with Gasteiger partial charge in [-0.15, -0.1) is 11.6 Å². The summed E-state index contributed by atoms with van der Waals surface area (Å²) in [5.74, 6) is 0.667. The molecule has 5 heteroatoms. The molecular formula is C10H26ClN3O. The van der Waals surface area contributed by atoms with Gasteiger partial charge in [-0.1, -0.05) is 0 Å². The largest absolute Gasteiger partial charge is 0.372 e. The lowest BCUT2D eigenvalue weighted by atomic mass is 10.4. The number of epoxide rings is 1. The third kappa shape index (κ3) is 24.9. The minimum Gasteiger partial charge on any atom is -0.372 e. The highest BCUT2D eigenvalue weighted by Gasteiger charge is 2.19. The zero-order valence-electron chi connectivity index (χ0n) is 10.4. The molecule has 1 aliphatic rings. The standard InChI is InChI=1S/C5H14N2.C3H5ClO.C2H7N/c1-7(2)5-3-4-6;4-1-3-2-5-3;1-3-2/h3-6H2,1-2H3;3H,1-2H2;3H,1-2H3. The van der Waals surface area contributed by atoms with E-state index in [9.17, 15) is 0 Å². The molecule has 0 aliphatic carbocycles. The highest BCUT2D eigenvalue weighted by atomic mass is 35.5. The van der Waals surface area contributed by atoms with Gasteiger partial charge < -0.3 is 20.7 Å². The van der Waals surface area contributed by atoms with Crippen LogP contribution in [0.5, 0.6) is 0 Å². The minimum atomic E-state index is 0.400. The molecule has 0 bridgehead atoms. The molecule has 1 saturated heterocycles. The van der Waals surface area contributed by atoms with Crippen LogP contribution in [0.3, 0.4) is 0 Å². The van der Waals surface area contributed by atoms with E-state index in [4.69, 9.17) is 22.1 Å².